The molecule has 1 amide bonds. The van der Waals surface area contributed by atoms with Crippen LogP contribution in [0.5, 0.6) is 0 Å². The van der Waals surface area contributed by atoms with Gasteiger partial charge in [-0.25, -0.2) is 4.39 Å². The smallest absolute Gasteiger partial charge is 0.237 e. The van der Waals surface area contributed by atoms with Crippen molar-refractivity contribution in [1.29, 1.82) is 0 Å². The number of hydrogen-bond acceptors (Lipinski definition) is 4. The van der Waals surface area contributed by atoms with E-state index in [-0.39, 0.29) is 23.5 Å². The lowest BCUT2D eigenvalue weighted by Crippen LogP contribution is -2.37. The molecule has 1 aliphatic heterocycles. The van der Waals surface area contributed by atoms with E-state index in [1.165, 1.54) is 29.5 Å². The first-order valence-electron chi connectivity index (χ1n) is 10.2. The van der Waals surface area contributed by atoms with Gasteiger partial charge in [-0.3, -0.25) is 4.79 Å². The first-order chi connectivity index (χ1) is 15.1. The Balaban J connectivity index is 1.42. The van der Waals surface area contributed by atoms with Crippen LogP contribution in [-0.4, -0.2) is 27.9 Å². The molecule has 5 rings (SSSR count). The van der Waals surface area contributed by atoms with Gasteiger partial charge in [-0.05, 0) is 49.2 Å². The molecule has 1 aromatic heterocycles. The molecule has 6 heteroatoms. The van der Waals surface area contributed by atoms with Crippen molar-refractivity contribution in [2.75, 3.05) is 10.7 Å². The number of halogens is 1. The maximum Gasteiger partial charge on any atom is 0.237 e. The molecule has 0 N–H and O–H groups in total. The van der Waals surface area contributed by atoms with E-state index in [1.807, 2.05) is 47.4 Å². The third-order valence-corrected chi connectivity index (χ3v) is 6.55. The van der Waals surface area contributed by atoms with Gasteiger partial charge in [0.05, 0.1) is 5.75 Å². The van der Waals surface area contributed by atoms with E-state index < -0.39 is 0 Å². The molecule has 0 fully saturated rings. The van der Waals surface area contributed by atoms with Crippen molar-refractivity contribution >= 4 is 34.1 Å². The Morgan fingerprint density at radius 1 is 1.00 bits per heavy atom. The molecule has 4 nitrogen and oxygen atoms in total. The van der Waals surface area contributed by atoms with E-state index in [0.29, 0.717) is 5.69 Å². The molecular formula is C25H20FN3OS. The van der Waals surface area contributed by atoms with Crippen molar-refractivity contribution in [2.45, 2.75) is 24.4 Å². The summed E-state index contributed by atoms with van der Waals surface area (Å²) < 4.78 is 13.3. The van der Waals surface area contributed by atoms with E-state index in [2.05, 4.69) is 23.2 Å². The zero-order valence-electron chi connectivity index (χ0n) is 17.0. The van der Waals surface area contributed by atoms with Crippen LogP contribution in [0.2, 0.25) is 0 Å². The minimum Gasteiger partial charge on any atom is -0.308 e. The lowest BCUT2D eigenvalue weighted by Gasteiger charge is -2.22. The number of amides is 1. The number of aromatic nitrogens is 2. The van der Waals surface area contributed by atoms with Gasteiger partial charge in [0.2, 0.25) is 5.91 Å². The zero-order valence-corrected chi connectivity index (χ0v) is 17.8. The van der Waals surface area contributed by atoms with Gasteiger partial charge in [-0.1, -0.05) is 54.2 Å². The third-order valence-electron chi connectivity index (χ3n) is 5.58. The Morgan fingerprint density at radius 2 is 1.71 bits per heavy atom. The maximum atomic E-state index is 13.3. The zero-order chi connectivity index (χ0) is 21.4. The van der Waals surface area contributed by atoms with E-state index in [9.17, 15) is 9.18 Å². The first-order valence-corrected chi connectivity index (χ1v) is 11.1. The van der Waals surface area contributed by atoms with Crippen LogP contribution in [0.4, 0.5) is 10.1 Å². The van der Waals surface area contributed by atoms with Crippen molar-refractivity contribution in [3.8, 4) is 11.3 Å². The molecule has 1 aliphatic rings. The molecule has 0 saturated carbocycles. The van der Waals surface area contributed by atoms with Crippen LogP contribution in [0.15, 0.2) is 77.8 Å². The molecule has 0 bridgehead atoms. The fourth-order valence-electron chi connectivity index (χ4n) is 4.15. The SMILES string of the molecule is C[C@H]1Cc2ccccc2N1C(=O)CSc1nnc(-c2ccc(F)cc2)c2ccccc12. The monoisotopic (exact) mass is 429 g/mol. The first kappa shape index (κ1) is 19.7. The van der Waals surface area contributed by atoms with E-state index in [0.717, 1.165) is 33.5 Å². The lowest BCUT2D eigenvalue weighted by atomic mass is 10.1. The Bertz CT molecular complexity index is 1280. The minimum absolute atomic E-state index is 0.0657. The summed E-state index contributed by atoms with van der Waals surface area (Å²) in [5.74, 6) is 0.0631. The second kappa shape index (κ2) is 8.12. The molecule has 0 saturated heterocycles. The summed E-state index contributed by atoms with van der Waals surface area (Å²) in [6.07, 6.45) is 0.877. The number of anilines is 1. The molecule has 4 aromatic rings. The summed E-state index contributed by atoms with van der Waals surface area (Å²) >= 11 is 1.40. The van der Waals surface area contributed by atoms with Crippen LogP contribution in [0.25, 0.3) is 22.0 Å². The summed E-state index contributed by atoms with van der Waals surface area (Å²) in [6, 6.07) is 22.3. The average molecular weight is 430 g/mol. The Hall–Kier alpha value is -3.25. The summed E-state index contributed by atoms with van der Waals surface area (Å²) in [5, 5.41) is 11.4. The van der Waals surface area contributed by atoms with E-state index in [4.69, 9.17) is 0 Å². The minimum atomic E-state index is -0.288. The van der Waals surface area contributed by atoms with Crippen LogP contribution in [-0.2, 0) is 11.2 Å². The highest BCUT2D eigenvalue weighted by Crippen LogP contribution is 2.35. The highest BCUT2D eigenvalue weighted by molar-refractivity contribution is 8.00. The number of fused-ring (bicyclic) bond motifs is 2. The highest BCUT2D eigenvalue weighted by Gasteiger charge is 2.30. The molecule has 154 valence electrons. The predicted molar refractivity (Wildman–Crippen MR) is 123 cm³/mol. The maximum absolute atomic E-state index is 13.3. The highest BCUT2D eigenvalue weighted by atomic mass is 32.2. The van der Waals surface area contributed by atoms with Crippen LogP contribution < -0.4 is 4.90 Å². The topological polar surface area (TPSA) is 46.1 Å². The normalized spacial score (nSPS) is 15.3. The van der Waals surface area contributed by atoms with E-state index in [1.54, 1.807) is 12.1 Å². The predicted octanol–water partition coefficient (Wildman–Crippen LogP) is 5.51. The van der Waals surface area contributed by atoms with Gasteiger partial charge < -0.3 is 4.90 Å². The van der Waals surface area contributed by atoms with Crippen molar-refractivity contribution in [2.24, 2.45) is 0 Å². The van der Waals surface area contributed by atoms with Crippen LogP contribution in [0.1, 0.15) is 12.5 Å². The summed E-state index contributed by atoms with van der Waals surface area (Å²) in [7, 11) is 0. The molecule has 0 radical (unpaired) electrons. The summed E-state index contributed by atoms with van der Waals surface area (Å²) in [4.78, 5) is 15.0. The molecule has 0 spiro atoms. The van der Waals surface area contributed by atoms with Crippen molar-refractivity contribution < 1.29 is 9.18 Å². The van der Waals surface area contributed by atoms with Gasteiger partial charge in [0.1, 0.15) is 16.5 Å². The number of carbonyl (C=O) groups is 1. The quantitative estimate of drug-likeness (QED) is 0.402. The molecule has 0 unspecified atom stereocenters. The molecule has 1 atom stereocenters. The van der Waals surface area contributed by atoms with Crippen LogP contribution >= 0.6 is 11.8 Å². The van der Waals surface area contributed by atoms with Crippen molar-refractivity contribution in [3.05, 3.63) is 84.2 Å². The second-order valence-corrected chi connectivity index (χ2v) is 8.60. The number of hydrogen-bond donors (Lipinski definition) is 0. The lowest BCUT2D eigenvalue weighted by molar-refractivity contribution is -0.116. The van der Waals surface area contributed by atoms with E-state index >= 15 is 0 Å². The Labute approximate surface area is 184 Å². The molecular weight excluding hydrogens is 409 g/mol. The van der Waals surface area contributed by atoms with Crippen LogP contribution in [0.3, 0.4) is 0 Å². The number of rotatable bonds is 4. The van der Waals surface area contributed by atoms with Crippen LogP contribution in [0, 0.1) is 5.82 Å². The van der Waals surface area contributed by atoms with Crippen molar-refractivity contribution in [1.82, 2.24) is 10.2 Å². The van der Waals surface area contributed by atoms with Gasteiger partial charge in [0, 0.05) is 28.1 Å². The molecule has 2 heterocycles. The van der Waals surface area contributed by atoms with Gasteiger partial charge in [0.25, 0.3) is 0 Å². The number of carbonyl (C=O) groups excluding carboxylic acids is 1. The molecule has 31 heavy (non-hydrogen) atoms. The number of nitrogens with zero attached hydrogens (tertiary/aromatic N) is 3. The standard InChI is InChI=1S/C25H20FN3OS/c1-16-14-18-6-2-5-9-22(18)29(16)23(30)15-31-25-21-8-4-3-7-20(21)24(27-28-25)17-10-12-19(26)13-11-17/h2-13,16H,14-15H2,1H3/t16-/m0/s1. The Kier molecular flexibility index (Phi) is 5.16. The second-order valence-electron chi connectivity index (χ2n) is 7.64. The summed E-state index contributed by atoms with van der Waals surface area (Å²) in [6.45, 7) is 2.08. The fourth-order valence-corrected chi connectivity index (χ4v) is 4.98. The number of thioether (sulfide) groups is 1. The molecule has 0 aliphatic carbocycles. The van der Waals surface area contributed by atoms with Gasteiger partial charge in [-0.2, -0.15) is 0 Å². The van der Waals surface area contributed by atoms with Crippen molar-refractivity contribution in [3.63, 3.8) is 0 Å². The third kappa shape index (κ3) is 3.68. The fraction of sp³-hybridized carbons (Fsp3) is 0.160. The summed E-state index contributed by atoms with van der Waals surface area (Å²) in [5.41, 5.74) is 3.72. The molecule has 3 aromatic carbocycles. The number of para-hydroxylation sites is 1. The largest absolute Gasteiger partial charge is 0.308 e. The Morgan fingerprint density at radius 3 is 2.52 bits per heavy atom. The van der Waals surface area contributed by atoms with Gasteiger partial charge in [0.15, 0.2) is 0 Å². The average Bonchev–Trinajstić information content (AvgIpc) is 3.13. The number of benzene rings is 3. The van der Waals surface area contributed by atoms with Gasteiger partial charge in [-0.15, -0.1) is 10.2 Å². The van der Waals surface area contributed by atoms with Gasteiger partial charge >= 0.3 is 0 Å².